The molecule has 1 aliphatic rings. The van der Waals surface area contributed by atoms with Crippen molar-refractivity contribution in [2.75, 3.05) is 31.6 Å². The summed E-state index contributed by atoms with van der Waals surface area (Å²) in [6.07, 6.45) is 4.66. The Kier molecular flexibility index (Phi) is 5.52. The summed E-state index contributed by atoms with van der Waals surface area (Å²) < 4.78 is 0. The van der Waals surface area contributed by atoms with Gasteiger partial charge in [0.05, 0.1) is 0 Å². The Hall–Kier alpha value is 0.600. The molecule has 0 N–H and O–H groups in total. The van der Waals surface area contributed by atoms with Gasteiger partial charge in [0.1, 0.15) is 0 Å². The first kappa shape index (κ1) is 11.7. The Balaban J connectivity index is 2.14. The third-order valence-electron chi connectivity index (χ3n) is 2.71. The fraction of sp³-hybridized carbons (Fsp3) is 1.00. The number of hydrogen-bond donors (Lipinski definition) is 0. The minimum Gasteiger partial charge on any atom is -0.303 e. The number of likely N-dealkylation sites (tertiary alicyclic amines) is 1. The second kappa shape index (κ2) is 6.15. The van der Waals surface area contributed by atoms with Crippen molar-refractivity contribution in [3.8, 4) is 0 Å². The number of hydrogen-bond acceptors (Lipinski definition) is 2. The molecule has 0 spiro atoms. The van der Waals surface area contributed by atoms with Crippen LogP contribution in [0.5, 0.6) is 0 Å². The van der Waals surface area contributed by atoms with Crippen LogP contribution in [0.3, 0.4) is 0 Å². The zero-order valence-corrected chi connectivity index (χ0v) is 10.2. The molecule has 0 amide bonds. The van der Waals surface area contributed by atoms with Gasteiger partial charge in [0, 0.05) is 11.9 Å². The van der Waals surface area contributed by atoms with E-state index in [1.165, 1.54) is 38.2 Å². The van der Waals surface area contributed by atoms with Crippen molar-refractivity contribution >= 4 is 23.4 Å². The van der Waals surface area contributed by atoms with E-state index in [-0.39, 0.29) is 0 Å². The maximum Gasteiger partial charge on any atom is 0.0386 e. The molecule has 0 radical (unpaired) electrons. The molecule has 0 aliphatic carbocycles. The molecular formula is C10H20ClNS. The van der Waals surface area contributed by atoms with E-state index in [0.29, 0.717) is 11.3 Å². The van der Waals surface area contributed by atoms with E-state index in [1.807, 2.05) is 11.8 Å². The van der Waals surface area contributed by atoms with E-state index in [4.69, 9.17) is 11.6 Å². The molecule has 1 heterocycles. The lowest BCUT2D eigenvalue weighted by atomic mass is 9.99. The Morgan fingerprint density at radius 2 is 2.31 bits per heavy atom. The topological polar surface area (TPSA) is 3.24 Å². The highest BCUT2D eigenvalue weighted by molar-refractivity contribution is 7.98. The van der Waals surface area contributed by atoms with Crippen molar-refractivity contribution in [3.63, 3.8) is 0 Å². The van der Waals surface area contributed by atoms with Crippen LogP contribution in [0.1, 0.15) is 19.8 Å². The predicted octanol–water partition coefficient (Wildman–Crippen LogP) is 2.69. The number of piperidine rings is 1. The Morgan fingerprint density at radius 1 is 1.54 bits per heavy atom. The van der Waals surface area contributed by atoms with E-state index in [1.54, 1.807) is 0 Å². The fourth-order valence-electron chi connectivity index (χ4n) is 1.84. The van der Waals surface area contributed by atoms with Crippen molar-refractivity contribution in [3.05, 3.63) is 0 Å². The maximum atomic E-state index is 6.16. The van der Waals surface area contributed by atoms with Gasteiger partial charge in [-0.25, -0.2) is 0 Å². The van der Waals surface area contributed by atoms with E-state index in [9.17, 15) is 0 Å². The smallest absolute Gasteiger partial charge is 0.0386 e. The van der Waals surface area contributed by atoms with Gasteiger partial charge < -0.3 is 4.90 Å². The third kappa shape index (κ3) is 4.09. The van der Waals surface area contributed by atoms with Gasteiger partial charge in [0.25, 0.3) is 0 Å². The standard InChI is InChI=1S/C10H20ClNS/c1-9-8-12(5-3-7-13-2)6-4-10(9)11/h9-10H,3-8H2,1-2H3. The third-order valence-corrected chi connectivity index (χ3v) is 4.05. The molecule has 1 fully saturated rings. The summed E-state index contributed by atoms with van der Waals surface area (Å²) in [6.45, 7) is 5.92. The molecule has 13 heavy (non-hydrogen) atoms. The van der Waals surface area contributed by atoms with E-state index in [0.717, 1.165) is 0 Å². The number of nitrogens with zero attached hydrogens (tertiary/aromatic N) is 1. The van der Waals surface area contributed by atoms with Crippen LogP contribution in [-0.4, -0.2) is 41.9 Å². The van der Waals surface area contributed by atoms with Crippen molar-refractivity contribution in [2.24, 2.45) is 5.92 Å². The SMILES string of the molecule is CSCCCN1CCC(Cl)C(C)C1. The molecule has 0 saturated carbocycles. The molecule has 0 aromatic carbocycles. The van der Waals surface area contributed by atoms with Gasteiger partial charge in [-0.15, -0.1) is 11.6 Å². The second-order valence-electron chi connectivity index (χ2n) is 3.93. The molecule has 78 valence electrons. The summed E-state index contributed by atoms with van der Waals surface area (Å²) in [6, 6.07) is 0. The summed E-state index contributed by atoms with van der Waals surface area (Å²) in [4.78, 5) is 2.56. The molecular weight excluding hydrogens is 202 g/mol. The Bertz CT molecular complexity index is 143. The minimum absolute atomic E-state index is 0.414. The number of rotatable bonds is 4. The van der Waals surface area contributed by atoms with Crippen molar-refractivity contribution in [2.45, 2.75) is 25.1 Å². The number of thioether (sulfide) groups is 1. The van der Waals surface area contributed by atoms with Gasteiger partial charge in [-0.1, -0.05) is 6.92 Å². The first-order valence-electron chi connectivity index (χ1n) is 5.09. The van der Waals surface area contributed by atoms with Crippen LogP contribution in [0.25, 0.3) is 0 Å². The van der Waals surface area contributed by atoms with Gasteiger partial charge in [0.2, 0.25) is 0 Å². The average Bonchev–Trinajstić information content (AvgIpc) is 2.12. The van der Waals surface area contributed by atoms with Crippen molar-refractivity contribution < 1.29 is 0 Å². The van der Waals surface area contributed by atoms with Crippen LogP contribution in [0.15, 0.2) is 0 Å². The average molecular weight is 222 g/mol. The highest BCUT2D eigenvalue weighted by Crippen LogP contribution is 2.21. The molecule has 1 saturated heterocycles. The quantitative estimate of drug-likeness (QED) is 0.531. The normalized spacial score (nSPS) is 30.7. The van der Waals surface area contributed by atoms with E-state index >= 15 is 0 Å². The first-order chi connectivity index (χ1) is 6.24. The molecule has 0 aromatic rings. The summed E-state index contributed by atoms with van der Waals surface area (Å²) >= 11 is 8.10. The molecule has 0 aromatic heterocycles. The number of halogens is 1. The number of alkyl halides is 1. The van der Waals surface area contributed by atoms with Crippen LogP contribution in [0.2, 0.25) is 0 Å². The zero-order chi connectivity index (χ0) is 9.68. The van der Waals surface area contributed by atoms with Crippen molar-refractivity contribution in [1.29, 1.82) is 0 Å². The van der Waals surface area contributed by atoms with Crippen LogP contribution in [-0.2, 0) is 0 Å². The second-order valence-corrected chi connectivity index (χ2v) is 5.48. The van der Waals surface area contributed by atoms with Gasteiger partial charge >= 0.3 is 0 Å². The Morgan fingerprint density at radius 3 is 2.92 bits per heavy atom. The lowest BCUT2D eigenvalue weighted by Crippen LogP contribution is -2.40. The van der Waals surface area contributed by atoms with Crippen LogP contribution < -0.4 is 0 Å². The van der Waals surface area contributed by atoms with Crippen LogP contribution in [0, 0.1) is 5.92 Å². The summed E-state index contributed by atoms with van der Waals surface area (Å²) in [5.41, 5.74) is 0. The molecule has 2 atom stereocenters. The molecule has 1 rings (SSSR count). The summed E-state index contributed by atoms with van der Waals surface area (Å²) in [5.74, 6) is 1.96. The maximum absolute atomic E-state index is 6.16. The van der Waals surface area contributed by atoms with Gasteiger partial charge in [-0.3, -0.25) is 0 Å². The lowest BCUT2D eigenvalue weighted by Gasteiger charge is -2.33. The van der Waals surface area contributed by atoms with Gasteiger partial charge in [0.15, 0.2) is 0 Å². The monoisotopic (exact) mass is 221 g/mol. The predicted molar refractivity (Wildman–Crippen MR) is 62.9 cm³/mol. The Labute approximate surface area is 91.2 Å². The molecule has 1 nitrogen and oxygen atoms in total. The van der Waals surface area contributed by atoms with Gasteiger partial charge in [-0.2, -0.15) is 11.8 Å². The van der Waals surface area contributed by atoms with E-state index in [2.05, 4.69) is 18.1 Å². The van der Waals surface area contributed by atoms with Crippen LogP contribution in [0.4, 0.5) is 0 Å². The molecule has 1 aliphatic heterocycles. The molecule has 0 bridgehead atoms. The summed E-state index contributed by atoms with van der Waals surface area (Å²) in [5, 5.41) is 0.414. The lowest BCUT2D eigenvalue weighted by molar-refractivity contribution is 0.188. The summed E-state index contributed by atoms with van der Waals surface area (Å²) in [7, 11) is 0. The fourth-order valence-corrected chi connectivity index (χ4v) is 2.43. The zero-order valence-electron chi connectivity index (χ0n) is 8.63. The largest absolute Gasteiger partial charge is 0.303 e. The van der Waals surface area contributed by atoms with E-state index < -0.39 is 0 Å². The van der Waals surface area contributed by atoms with Crippen molar-refractivity contribution in [1.82, 2.24) is 4.90 Å². The molecule has 3 heteroatoms. The van der Waals surface area contributed by atoms with Gasteiger partial charge in [-0.05, 0) is 43.9 Å². The molecule has 2 unspecified atom stereocenters. The highest BCUT2D eigenvalue weighted by atomic mass is 35.5. The minimum atomic E-state index is 0.414. The highest BCUT2D eigenvalue weighted by Gasteiger charge is 2.23. The van der Waals surface area contributed by atoms with Crippen LogP contribution >= 0.6 is 23.4 Å². The first-order valence-corrected chi connectivity index (χ1v) is 6.92.